The molecule has 0 saturated carbocycles. The van der Waals surface area contributed by atoms with Gasteiger partial charge in [-0.25, -0.2) is 9.97 Å². The van der Waals surface area contributed by atoms with Gasteiger partial charge in [0.15, 0.2) is 5.82 Å². The number of hydrogen-bond donors (Lipinski definition) is 0. The average molecular weight is 276 g/mol. The Bertz CT molecular complexity index is 563. The van der Waals surface area contributed by atoms with Gasteiger partial charge in [-0.3, -0.25) is 4.79 Å². The lowest BCUT2D eigenvalue weighted by molar-refractivity contribution is 0.0691. The van der Waals surface area contributed by atoms with Crippen LogP contribution in [-0.4, -0.2) is 38.4 Å². The van der Waals surface area contributed by atoms with Gasteiger partial charge in [0, 0.05) is 50.0 Å². The van der Waals surface area contributed by atoms with Crippen LogP contribution in [0.1, 0.15) is 34.4 Å². The van der Waals surface area contributed by atoms with Crippen LogP contribution in [0.15, 0.2) is 24.0 Å². The predicted molar refractivity (Wildman–Crippen MR) is 73.2 cm³/mol. The number of aromatic nitrogens is 3. The molecule has 100 valence electrons. The van der Waals surface area contributed by atoms with Crippen LogP contribution in [0.4, 0.5) is 0 Å². The average Bonchev–Trinajstić information content (AvgIpc) is 3.09. The lowest BCUT2D eigenvalue weighted by Gasteiger charge is -2.31. The molecule has 0 N–H and O–H groups in total. The van der Waals surface area contributed by atoms with E-state index in [4.69, 9.17) is 0 Å². The predicted octanol–water partition coefficient (Wildman–Crippen LogP) is 1.90. The monoisotopic (exact) mass is 276 g/mol. The topological polar surface area (TPSA) is 51.0 Å². The van der Waals surface area contributed by atoms with Gasteiger partial charge in [0.25, 0.3) is 5.91 Å². The zero-order chi connectivity index (χ0) is 13.2. The van der Waals surface area contributed by atoms with Crippen LogP contribution >= 0.6 is 11.3 Å². The summed E-state index contributed by atoms with van der Waals surface area (Å²) in [5.74, 6) is 0.909. The Hall–Kier alpha value is -1.69. The summed E-state index contributed by atoms with van der Waals surface area (Å²) in [6.45, 7) is 1.56. The molecule has 1 aliphatic rings. The Balaban J connectivity index is 1.75. The molecule has 0 radical (unpaired) electrons. The normalized spacial score (nSPS) is 19.6. The molecule has 0 spiro atoms. The highest BCUT2D eigenvalue weighted by Gasteiger charge is 2.28. The minimum Gasteiger partial charge on any atom is -0.335 e. The van der Waals surface area contributed by atoms with E-state index in [1.807, 2.05) is 23.5 Å². The maximum atomic E-state index is 12.4. The third kappa shape index (κ3) is 2.40. The summed E-state index contributed by atoms with van der Waals surface area (Å²) in [7, 11) is 1.85. The minimum absolute atomic E-state index is 0.0220. The Morgan fingerprint density at radius 1 is 1.42 bits per heavy atom. The van der Waals surface area contributed by atoms with Gasteiger partial charge in [0.05, 0.1) is 5.01 Å². The van der Waals surface area contributed by atoms with Crippen molar-refractivity contribution in [1.82, 2.24) is 19.4 Å². The number of carbonyl (C=O) groups is 1. The standard InChI is InChI=1S/C13H16N4OS/c1-16-7-4-14-11(16)13(18)17-6-2-3-10(9-17)12-15-5-8-19-12/h4-5,7-8,10H,2-3,6,9H2,1H3/t10-/m0/s1. The molecule has 3 rings (SSSR count). The number of hydrogen-bond acceptors (Lipinski definition) is 4. The van der Waals surface area contributed by atoms with Crippen LogP contribution in [-0.2, 0) is 7.05 Å². The van der Waals surface area contributed by atoms with Gasteiger partial charge in [-0.05, 0) is 12.8 Å². The molecule has 0 aromatic carbocycles. The second-order valence-corrected chi connectivity index (χ2v) is 5.75. The summed E-state index contributed by atoms with van der Waals surface area (Å²) < 4.78 is 1.77. The Morgan fingerprint density at radius 3 is 3.00 bits per heavy atom. The van der Waals surface area contributed by atoms with E-state index >= 15 is 0 Å². The van der Waals surface area contributed by atoms with Gasteiger partial charge in [0.1, 0.15) is 0 Å². The Kier molecular flexibility index (Phi) is 3.33. The van der Waals surface area contributed by atoms with Crippen molar-refractivity contribution in [3.63, 3.8) is 0 Å². The highest BCUT2D eigenvalue weighted by Crippen LogP contribution is 2.28. The first-order chi connectivity index (χ1) is 9.25. The zero-order valence-corrected chi connectivity index (χ0v) is 11.6. The van der Waals surface area contributed by atoms with Crippen LogP contribution in [0.3, 0.4) is 0 Å². The zero-order valence-electron chi connectivity index (χ0n) is 10.8. The summed E-state index contributed by atoms with van der Waals surface area (Å²) in [6, 6.07) is 0. The van der Waals surface area contributed by atoms with Crippen molar-refractivity contribution in [2.24, 2.45) is 7.05 Å². The van der Waals surface area contributed by atoms with E-state index in [1.165, 1.54) is 0 Å². The summed E-state index contributed by atoms with van der Waals surface area (Å²) in [5, 5.41) is 3.13. The van der Waals surface area contributed by atoms with Crippen LogP contribution in [0.5, 0.6) is 0 Å². The van der Waals surface area contributed by atoms with E-state index in [1.54, 1.807) is 28.3 Å². The smallest absolute Gasteiger partial charge is 0.289 e. The van der Waals surface area contributed by atoms with Crippen molar-refractivity contribution in [3.05, 3.63) is 34.8 Å². The third-order valence-electron chi connectivity index (χ3n) is 3.52. The van der Waals surface area contributed by atoms with Gasteiger partial charge in [0.2, 0.25) is 0 Å². The van der Waals surface area contributed by atoms with Crippen LogP contribution in [0, 0.1) is 0 Å². The summed E-state index contributed by atoms with van der Waals surface area (Å²) in [6.07, 6.45) is 7.43. The van der Waals surface area contributed by atoms with Crippen molar-refractivity contribution >= 4 is 17.2 Å². The number of nitrogens with zero attached hydrogens (tertiary/aromatic N) is 4. The fraction of sp³-hybridized carbons (Fsp3) is 0.462. The van der Waals surface area contributed by atoms with Crippen molar-refractivity contribution in [3.8, 4) is 0 Å². The minimum atomic E-state index is 0.0220. The first-order valence-electron chi connectivity index (χ1n) is 6.41. The Morgan fingerprint density at radius 2 is 2.32 bits per heavy atom. The lowest BCUT2D eigenvalue weighted by atomic mass is 9.98. The SMILES string of the molecule is Cn1ccnc1C(=O)N1CCC[C@H](c2nccs2)C1. The summed E-state index contributed by atoms with van der Waals surface area (Å²) in [4.78, 5) is 22.8. The number of imidazole rings is 1. The molecule has 0 aliphatic carbocycles. The van der Waals surface area contributed by atoms with Gasteiger partial charge in [-0.2, -0.15) is 0 Å². The third-order valence-corrected chi connectivity index (χ3v) is 4.46. The first kappa shape index (κ1) is 12.3. The summed E-state index contributed by atoms with van der Waals surface area (Å²) >= 11 is 1.67. The molecular formula is C13H16N4OS. The molecule has 1 atom stereocenters. The van der Waals surface area contributed by atoms with Crippen molar-refractivity contribution in [2.75, 3.05) is 13.1 Å². The van der Waals surface area contributed by atoms with Gasteiger partial charge in [-0.1, -0.05) is 0 Å². The molecule has 1 saturated heterocycles. The molecule has 1 aliphatic heterocycles. The molecule has 2 aromatic rings. The molecule has 19 heavy (non-hydrogen) atoms. The van der Waals surface area contributed by atoms with Crippen molar-refractivity contribution in [2.45, 2.75) is 18.8 Å². The summed E-state index contributed by atoms with van der Waals surface area (Å²) in [5.41, 5.74) is 0. The van der Waals surface area contributed by atoms with Crippen LogP contribution in [0.2, 0.25) is 0 Å². The van der Waals surface area contributed by atoms with E-state index in [9.17, 15) is 4.79 Å². The molecular weight excluding hydrogens is 260 g/mol. The van der Waals surface area contributed by atoms with Gasteiger partial charge >= 0.3 is 0 Å². The molecule has 5 nitrogen and oxygen atoms in total. The van der Waals surface area contributed by atoms with E-state index < -0.39 is 0 Å². The number of amides is 1. The Labute approximate surface area is 115 Å². The maximum absolute atomic E-state index is 12.4. The van der Waals surface area contributed by atoms with Crippen molar-refractivity contribution < 1.29 is 4.79 Å². The number of likely N-dealkylation sites (tertiary alicyclic amines) is 1. The number of aryl methyl sites for hydroxylation is 1. The molecule has 0 unspecified atom stereocenters. The lowest BCUT2D eigenvalue weighted by Crippen LogP contribution is -2.40. The van der Waals surface area contributed by atoms with Crippen LogP contribution in [0.25, 0.3) is 0 Å². The largest absolute Gasteiger partial charge is 0.335 e. The molecule has 3 heterocycles. The van der Waals surface area contributed by atoms with E-state index in [0.29, 0.717) is 11.7 Å². The molecule has 6 heteroatoms. The maximum Gasteiger partial charge on any atom is 0.289 e. The molecule has 0 bridgehead atoms. The highest BCUT2D eigenvalue weighted by atomic mass is 32.1. The molecule has 1 fully saturated rings. The number of carbonyl (C=O) groups excluding carboxylic acids is 1. The first-order valence-corrected chi connectivity index (χ1v) is 7.29. The second kappa shape index (κ2) is 5.13. The van der Waals surface area contributed by atoms with Crippen LogP contribution < -0.4 is 0 Å². The van der Waals surface area contributed by atoms with Gasteiger partial charge < -0.3 is 9.47 Å². The van der Waals surface area contributed by atoms with E-state index in [-0.39, 0.29) is 5.91 Å². The van der Waals surface area contributed by atoms with E-state index in [0.717, 1.165) is 30.9 Å². The fourth-order valence-electron chi connectivity index (χ4n) is 2.51. The second-order valence-electron chi connectivity index (χ2n) is 4.82. The van der Waals surface area contributed by atoms with Gasteiger partial charge in [-0.15, -0.1) is 11.3 Å². The highest BCUT2D eigenvalue weighted by molar-refractivity contribution is 7.09. The molecule has 2 aromatic heterocycles. The fourth-order valence-corrected chi connectivity index (χ4v) is 3.28. The van der Waals surface area contributed by atoms with Crippen molar-refractivity contribution in [1.29, 1.82) is 0 Å². The number of rotatable bonds is 2. The number of piperidine rings is 1. The quantitative estimate of drug-likeness (QED) is 0.841. The van der Waals surface area contributed by atoms with E-state index in [2.05, 4.69) is 9.97 Å². The molecule has 1 amide bonds. The number of thiazole rings is 1.